The van der Waals surface area contributed by atoms with Crippen LogP contribution in [-0.4, -0.2) is 27.5 Å². The number of carbonyl (C=O) groups excluding carboxylic acids is 1. The molecular formula is C25H28N2O4S. The zero-order valence-corrected chi connectivity index (χ0v) is 19.5. The number of methoxy groups -OCH3 is 1. The van der Waals surface area contributed by atoms with Gasteiger partial charge in [-0.3, -0.25) is 4.79 Å². The number of ether oxygens (including phenoxy) is 1. The highest BCUT2D eigenvalue weighted by Crippen LogP contribution is 2.23. The monoisotopic (exact) mass is 452 g/mol. The molecular weight excluding hydrogens is 424 g/mol. The highest BCUT2D eigenvalue weighted by Gasteiger charge is 2.28. The molecule has 0 heterocycles. The molecule has 1 atom stereocenters. The van der Waals surface area contributed by atoms with Crippen LogP contribution in [0.25, 0.3) is 0 Å². The Balaban J connectivity index is 1.93. The van der Waals surface area contributed by atoms with Gasteiger partial charge in [-0.2, -0.15) is 4.72 Å². The number of benzene rings is 3. The number of hydrogen-bond donors (Lipinski definition) is 2. The fraction of sp³-hybridized carbons (Fsp3) is 0.240. The summed E-state index contributed by atoms with van der Waals surface area (Å²) in [4.78, 5) is 13.4. The van der Waals surface area contributed by atoms with Crippen molar-refractivity contribution in [1.29, 1.82) is 0 Å². The van der Waals surface area contributed by atoms with E-state index in [1.165, 1.54) is 0 Å². The minimum Gasteiger partial charge on any atom is -0.497 e. The minimum atomic E-state index is -3.94. The Labute approximate surface area is 189 Å². The summed E-state index contributed by atoms with van der Waals surface area (Å²) in [7, 11) is -2.40. The molecule has 0 saturated heterocycles. The van der Waals surface area contributed by atoms with Crippen molar-refractivity contribution in [2.45, 2.75) is 38.1 Å². The number of nitrogens with one attached hydrogen (secondary N) is 2. The second-order valence-electron chi connectivity index (χ2n) is 7.81. The topological polar surface area (TPSA) is 84.5 Å². The van der Waals surface area contributed by atoms with Crippen LogP contribution >= 0.6 is 0 Å². The summed E-state index contributed by atoms with van der Waals surface area (Å²) in [6.07, 6.45) is 0.208. The lowest BCUT2D eigenvalue weighted by Gasteiger charge is -2.21. The fourth-order valence-corrected chi connectivity index (χ4v) is 5.45. The average Bonchev–Trinajstić information content (AvgIpc) is 2.73. The molecule has 0 aliphatic heterocycles. The van der Waals surface area contributed by atoms with E-state index in [1.807, 2.05) is 49.4 Å². The normalized spacial score (nSPS) is 12.2. The Kier molecular flexibility index (Phi) is 7.33. The van der Waals surface area contributed by atoms with Crippen molar-refractivity contribution >= 4 is 21.6 Å². The Morgan fingerprint density at radius 1 is 0.938 bits per heavy atom. The number of hydrogen-bond acceptors (Lipinski definition) is 4. The van der Waals surface area contributed by atoms with E-state index in [0.29, 0.717) is 22.6 Å². The molecule has 0 aliphatic rings. The van der Waals surface area contributed by atoms with E-state index in [2.05, 4.69) is 10.0 Å². The van der Waals surface area contributed by atoms with Crippen molar-refractivity contribution in [3.8, 4) is 5.75 Å². The standard InChI is InChI=1S/C25H28N2O4S/c1-17-13-18(2)24(19(3)14-17)32(29,30)27-23(15-20-9-6-5-7-10-20)25(28)26-21-11-8-12-22(16-21)31-4/h5-14,16,23,27H,15H2,1-4H3,(H,26,28)/t23-/m1/s1. The number of aryl methyl sites for hydroxylation is 3. The number of rotatable bonds is 8. The van der Waals surface area contributed by atoms with Crippen LogP contribution < -0.4 is 14.8 Å². The maximum atomic E-state index is 13.3. The molecule has 0 radical (unpaired) electrons. The van der Waals surface area contributed by atoms with E-state index < -0.39 is 22.0 Å². The van der Waals surface area contributed by atoms with Crippen LogP contribution in [0.1, 0.15) is 22.3 Å². The molecule has 1 amide bonds. The molecule has 7 heteroatoms. The maximum Gasteiger partial charge on any atom is 0.242 e. The number of amides is 1. The second-order valence-corrected chi connectivity index (χ2v) is 9.46. The highest BCUT2D eigenvalue weighted by molar-refractivity contribution is 7.89. The van der Waals surface area contributed by atoms with Crippen molar-refractivity contribution in [2.75, 3.05) is 12.4 Å². The molecule has 168 valence electrons. The van der Waals surface area contributed by atoms with Gasteiger partial charge in [-0.1, -0.05) is 54.1 Å². The molecule has 3 aromatic rings. The first-order valence-electron chi connectivity index (χ1n) is 10.3. The lowest BCUT2D eigenvalue weighted by molar-refractivity contribution is -0.117. The van der Waals surface area contributed by atoms with Crippen LogP contribution in [0.4, 0.5) is 5.69 Å². The zero-order valence-electron chi connectivity index (χ0n) is 18.7. The van der Waals surface area contributed by atoms with Crippen molar-refractivity contribution in [2.24, 2.45) is 0 Å². The number of carbonyl (C=O) groups is 1. The third-order valence-electron chi connectivity index (χ3n) is 5.11. The van der Waals surface area contributed by atoms with Gasteiger partial charge in [-0.05, 0) is 56.0 Å². The van der Waals surface area contributed by atoms with Gasteiger partial charge >= 0.3 is 0 Å². The van der Waals surface area contributed by atoms with E-state index in [0.717, 1.165) is 11.1 Å². The van der Waals surface area contributed by atoms with E-state index in [4.69, 9.17) is 4.74 Å². The molecule has 0 bridgehead atoms. The van der Waals surface area contributed by atoms with Gasteiger partial charge in [0.1, 0.15) is 11.8 Å². The zero-order chi connectivity index (χ0) is 23.3. The average molecular weight is 453 g/mol. The molecule has 0 saturated carbocycles. The van der Waals surface area contributed by atoms with Gasteiger partial charge < -0.3 is 10.1 Å². The Morgan fingerprint density at radius 3 is 2.22 bits per heavy atom. The van der Waals surface area contributed by atoms with Gasteiger partial charge in [-0.15, -0.1) is 0 Å². The van der Waals surface area contributed by atoms with Gasteiger partial charge in [0.25, 0.3) is 0 Å². The summed E-state index contributed by atoms with van der Waals surface area (Å²) in [5.41, 5.74) is 3.63. The Bertz CT molecular complexity index is 1180. The van der Waals surface area contributed by atoms with Crippen LogP contribution in [0.15, 0.2) is 71.6 Å². The summed E-state index contributed by atoms with van der Waals surface area (Å²) >= 11 is 0. The molecule has 6 nitrogen and oxygen atoms in total. The molecule has 32 heavy (non-hydrogen) atoms. The molecule has 0 unspecified atom stereocenters. The summed E-state index contributed by atoms with van der Waals surface area (Å²) in [5, 5.41) is 2.80. The molecule has 2 N–H and O–H groups in total. The van der Waals surface area contributed by atoms with Crippen LogP contribution in [0.3, 0.4) is 0 Å². The van der Waals surface area contributed by atoms with E-state index in [9.17, 15) is 13.2 Å². The van der Waals surface area contributed by atoms with Gasteiger partial charge in [0.15, 0.2) is 0 Å². The van der Waals surface area contributed by atoms with E-state index >= 15 is 0 Å². The highest BCUT2D eigenvalue weighted by atomic mass is 32.2. The quantitative estimate of drug-likeness (QED) is 0.538. The lowest BCUT2D eigenvalue weighted by atomic mass is 10.1. The van der Waals surface area contributed by atoms with E-state index in [-0.39, 0.29) is 11.3 Å². The van der Waals surface area contributed by atoms with Gasteiger partial charge in [0.05, 0.1) is 12.0 Å². The van der Waals surface area contributed by atoms with Gasteiger partial charge in [0, 0.05) is 11.8 Å². The molecule has 0 aliphatic carbocycles. The van der Waals surface area contributed by atoms with Crippen LogP contribution in [0.2, 0.25) is 0 Å². The molecule has 0 spiro atoms. The van der Waals surface area contributed by atoms with Crippen molar-refractivity contribution in [1.82, 2.24) is 4.72 Å². The van der Waals surface area contributed by atoms with Crippen molar-refractivity contribution in [3.63, 3.8) is 0 Å². The first-order valence-corrected chi connectivity index (χ1v) is 11.8. The third-order valence-corrected chi connectivity index (χ3v) is 6.88. The van der Waals surface area contributed by atoms with Crippen LogP contribution in [0, 0.1) is 20.8 Å². The van der Waals surface area contributed by atoms with Crippen LogP contribution in [-0.2, 0) is 21.2 Å². The molecule has 0 fully saturated rings. The molecule has 3 aromatic carbocycles. The predicted octanol–water partition coefficient (Wildman–Crippen LogP) is 4.15. The Morgan fingerprint density at radius 2 is 1.59 bits per heavy atom. The van der Waals surface area contributed by atoms with Crippen LogP contribution in [0.5, 0.6) is 5.75 Å². The predicted molar refractivity (Wildman–Crippen MR) is 127 cm³/mol. The number of sulfonamides is 1. The Hall–Kier alpha value is -3.16. The lowest BCUT2D eigenvalue weighted by Crippen LogP contribution is -2.45. The largest absolute Gasteiger partial charge is 0.497 e. The third kappa shape index (κ3) is 5.75. The first kappa shape index (κ1) is 23.5. The second kappa shape index (κ2) is 9.97. The smallest absolute Gasteiger partial charge is 0.242 e. The summed E-state index contributed by atoms with van der Waals surface area (Å²) in [6, 6.07) is 18.9. The SMILES string of the molecule is COc1cccc(NC(=O)[C@@H](Cc2ccccc2)NS(=O)(=O)c2c(C)cc(C)cc2C)c1. The van der Waals surface area contributed by atoms with Crippen molar-refractivity contribution < 1.29 is 17.9 Å². The van der Waals surface area contributed by atoms with E-state index in [1.54, 1.807) is 45.2 Å². The summed E-state index contributed by atoms with van der Waals surface area (Å²) in [6.45, 7) is 5.44. The number of anilines is 1. The minimum absolute atomic E-state index is 0.204. The summed E-state index contributed by atoms with van der Waals surface area (Å²) < 4.78 is 34.5. The first-order chi connectivity index (χ1) is 15.2. The fourth-order valence-electron chi connectivity index (χ4n) is 3.80. The van der Waals surface area contributed by atoms with Crippen molar-refractivity contribution in [3.05, 3.63) is 89.0 Å². The molecule has 3 rings (SSSR count). The molecule has 0 aromatic heterocycles. The van der Waals surface area contributed by atoms with Gasteiger partial charge in [0.2, 0.25) is 15.9 Å². The maximum absolute atomic E-state index is 13.3. The summed E-state index contributed by atoms with van der Waals surface area (Å²) in [5.74, 6) is 0.141. The van der Waals surface area contributed by atoms with Gasteiger partial charge in [-0.25, -0.2) is 8.42 Å².